The van der Waals surface area contributed by atoms with Gasteiger partial charge in [0.1, 0.15) is 0 Å². The van der Waals surface area contributed by atoms with Gasteiger partial charge in [0.15, 0.2) is 0 Å². The summed E-state index contributed by atoms with van der Waals surface area (Å²) in [5.74, 6) is 2.39. The van der Waals surface area contributed by atoms with Gasteiger partial charge < -0.3 is 15.5 Å². The van der Waals surface area contributed by atoms with Gasteiger partial charge in [-0.25, -0.2) is 14.8 Å². The molecule has 2 bridgehead atoms. The van der Waals surface area contributed by atoms with Crippen molar-refractivity contribution in [1.82, 2.24) is 30.4 Å². The van der Waals surface area contributed by atoms with Gasteiger partial charge >= 0.3 is 6.03 Å². The molecule has 0 spiro atoms. The predicted octanol–water partition coefficient (Wildman–Crippen LogP) is 1.02. The van der Waals surface area contributed by atoms with Gasteiger partial charge in [0.05, 0.1) is 0 Å². The number of anilines is 1. The molecule has 5 heterocycles. The molecule has 0 aliphatic carbocycles. The molecular weight excluding hydrogens is 366 g/mol. The molecule has 4 aliphatic heterocycles. The van der Waals surface area contributed by atoms with Crippen LogP contribution in [0.5, 0.6) is 0 Å². The fourth-order valence-corrected chi connectivity index (χ4v) is 5.11. The maximum absolute atomic E-state index is 11.9. The third-order valence-corrected chi connectivity index (χ3v) is 6.63. The van der Waals surface area contributed by atoms with E-state index in [4.69, 9.17) is 0 Å². The Morgan fingerprint density at radius 1 is 1.17 bits per heavy atom. The van der Waals surface area contributed by atoms with Crippen molar-refractivity contribution in [3.05, 3.63) is 18.5 Å². The number of amides is 2. The first-order chi connectivity index (χ1) is 14.1. The van der Waals surface area contributed by atoms with Crippen LogP contribution < -0.4 is 15.5 Å². The summed E-state index contributed by atoms with van der Waals surface area (Å²) in [6, 6.07) is 2.50. The lowest BCUT2D eigenvalue weighted by Gasteiger charge is -2.51. The summed E-state index contributed by atoms with van der Waals surface area (Å²) in [5, 5.41) is 5.98. The Morgan fingerprint density at radius 2 is 1.93 bits per heavy atom. The standard InChI is InChI=1S/C21H35N7O/c1-16(2)25-21(29)24-13-19-12-17-4-7-28(19)15-18(17)14-26-8-10-27(11-9-26)20-22-5-3-6-23-20/h3,5-6,16-19H,4,7-15H2,1-2H3,(H2,24,25,29)/t17-,18+,19+/m1/s1. The van der Waals surface area contributed by atoms with Crippen LogP contribution in [-0.2, 0) is 0 Å². The van der Waals surface area contributed by atoms with Crippen LogP contribution in [0.2, 0.25) is 0 Å². The predicted molar refractivity (Wildman–Crippen MR) is 114 cm³/mol. The Hall–Kier alpha value is -1.93. The summed E-state index contributed by atoms with van der Waals surface area (Å²) in [7, 11) is 0. The van der Waals surface area contributed by atoms with E-state index >= 15 is 0 Å². The number of fused-ring (bicyclic) bond motifs is 3. The molecule has 8 nitrogen and oxygen atoms in total. The van der Waals surface area contributed by atoms with Crippen molar-refractivity contribution < 1.29 is 4.79 Å². The summed E-state index contributed by atoms with van der Waals surface area (Å²) in [5.41, 5.74) is 0. The molecule has 160 valence electrons. The van der Waals surface area contributed by atoms with Crippen LogP contribution >= 0.6 is 0 Å². The Bertz CT molecular complexity index is 662. The van der Waals surface area contributed by atoms with Crippen LogP contribution in [0.15, 0.2) is 18.5 Å². The number of hydrogen-bond donors (Lipinski definition) is 2. The third kappa shape index (κ3) is 5.17. The number of carbonyl (C=O) groups is 1. The third-order valence-electron chi connectivity index (χ3n) is 6.63. The van der Waals surface area contributed by atoms with E-state index in [-0.39, 0.29) is 12.1 Å². The molecule has 0 aromatic carbocycles. The fraction of sp³-hybridized carbons (Fsp3) is 0.762. The molecular formula is C21H35N7O. The fourth-order valence-electron chi connectivity index (χ4n) is 5.11. The number of nitrogens with one attached hydrogen (secondary N) is 2. The lowest BCUT2D eigenvalue weighted by atomic mass is 9.75. The smallest absolute Gasteiger partial charge is 0.315 e. The molecule has 4 atom stereocenters. The van der Waals surface area contributed by atoms with Crippen molar-refractivity contribution in [3.8, 4) is 0 Å². The van der Waals surface area contributed by atoms with Crippen LogP contribution in [0.4, 0.5) is 10.7 Å². The largest absolute Gasteiger partial charge is 0.338 e. The molecule has 2 amide bonds. The molecule has 0 radical (unpaired) electrons. The van der Waals surface area contributed by atoms with Gasteiger partial charge in [0.2, 0.25) is 5.95 Å². The Kier molecular flexibility index (Phi) is 6.50. The zero-order chi connectivity index (χ0) is 20.2. The number of aromatic nitrogens is 2. The zero-order valence-electron chi connectivity index (χ0n) is 17.8. The van der Waals surface area contributed by atoms with Crippen LogP contribution in [0.1, 0.15) is 26.7 Å². The van der Waals surface area contributed by atoms with Gasteiger partial charge in [-0.2, -0.15) is 0 Å². The van der Waals surface area contributed by atoms with E-state index in [1.807, 2.05) is 32.3 Å². The lowest BCUT2D eigenvalue weighted by Crippen LogP contribution is -2.60. The second-order valence-corrected chi connectivity index (χ2v) is 9.04. The summed E-state index contributed by atoms with van der Waals surface area (Å²) < 4.78 is 0. The molecule has 1 aromatic heterocycles. The van der Waals surface area contributed by atoms with E-state index in [1.165, 1.54) is 32.5 Å². The number of nitrogens with zero attached hydrogens (tertiary/aromatic N) is 5. The van der Waals surface area contributed by atoms with Crippen LogP contribution in [-0.4, -0.2) is 90.2 Å². The highest BCUT2D eigenvalue weighted by atomic mass is 16.2. The first-order valence-electron chi connectivity index (χ1n) is 11.1. The molecule has 4 fully saturated rings. The van der Waals surface area contributed by atoms with Crippen molar-refractivity contribution in [1.29, 1.82) is 0 Å². The van der Waals surface area contributed by atoms with E-state index in [0.717, 1.165) is 50.5 Å². The lowest BCUT2D eigenvalue weighted by molar-refractivity contribution is -0.0115. The monoisotopic (exact) mass is 401 g/mol. The van der Waals surface area contributed by atoms with Gasteiger partial charge in [-0.05, 0) is 51.1 Å². The first kappa shape index (κ1) is 20.3. The number of rotatable bonds is 6. The van der Waals surface area contributed by atoms with E-state index in [2.05, 4.69) is 35.3 Å². The van der Waals surface area contributed by atoms with Crippen molar-refractivity contribution >= 4 is 12.0 Å². The summed E-state index contributed by atoms with van der Waals surface area (Å²) >= 11 is 0. The SMILES string of the molecule is CC(C)NC(=O)NC[C@@H]1C[C@H]2CCN1C[C@@H]2CN1CCN(c2ncccn2)CC1. The average Bonchev–Trinajstić information content (AvgIpc) is 2.74. The van der Waals surface area contributed by atoms with E-state index in [0.29, 0.717) is 6.04 Å². The Balaban J connectivity index is 1.22. The number of piperazine rings is 1. The molecule has 8 heteroatoms. The van der Waals surface area contributed by atoms with Crippen molar-refractivity contribution in [3.63, 3.8) is 0 Å². The topological polar surface area (TPSA) is 76.6 Å². The molecule has 2 N–H and O–H groups in total. The Morgan fingerprint density at radius 3 is 2.59 bits per heavy atom. The first-order valence-corrected chi connectivity index (χ1v) is 11.1. The van der Waals surface area contributed by atoms with E-state index in [1.54, 1.807) is 0 Å². The highest BCUT2D eigenvalue weighted by molar-refractivity contribution is 5.74. The summed E-state index contributed by atoms with van der Waals surface area (Å²) in [4.78, 5) is 28.2. The van der Waals surface area contributed by atoms with E-state index < -0.39 is 0 Å². The van der Waals surface area contributed by atoms with E-state index in [9.17, 15) is 4.79 Å². The van der Waals surface area contributed by atoms with Gasteiger partial charge in [0.25, 0.3) is 0 Å². The number of piperidine rings is 3. The van der Waals surface area contributed by atoms with Crippen molar-refractivity contribution in [2.45, 2.75) is 38.8 Å². The molecule has 29 heavy (non-hydrogen) atoms. The van der Waals surface area contributed by atoms with Gasteiger partial charge in [-0.15, -0.1) is 0 Å². The highest BCUT2D eigenvalue weighted by Gasteiger charge is 2.40. The zero-order valence-corrected chi connectivity index (χ0v) is 17.8. The normalized spacial score (nSPS) is 29.8. The molecule has 4 saturated heterocycles. The minimum Gasteiger partial charge on any atom is -0.338 e. The minimum absolute atomic E-state index is 0.0422. The quantitative estimate of drug-likeness (QED) is 0.741. The second kappa shape index (κ2) is 9.26. The maximum atomic E-state index is 11.9. The number of hydrogen-bond acceptors (Lipinski definition) is 6. The van der Waals surface area contributed by atoms with Crippen LogP contribution in [0.3, 0.4) is 0 Å². The average molecular weight is 402 g/mol. The molecule has 4 aliphatic rings. The minimum atomic E-state index is -0.0422. The van der Waals surface area contributed by atoms with Gasteiger partial charge in [-0.1, -0.05) is 0 Å². The number of urea groups is 1. The maximum Gasteiger partial charge on any atom is 0.315 e. The van der Waals surface area contributed by atoms with Crippen molar-refractivity contribution in [2.24, 2.45) is 11.8 Å². The molecule has 1 unspecified atom stereocenters. The van der Waals surface area contributed by atoms with Crippen LogP contribution in [0.25, 0.3) is 0 Å². The van der Waals surface area contributed by atoms with Crippen molar-refractivity contribution in [2.75, 3.05) is 57.3 Å². The molecule has 5 rings (SSSR count). The molecule has 1 aromatic rings. The highest BCUT2D eigenvalue weighted by Crippen LogP contribution is 2.36. The second-order valence-electron chi connectivity index (χ2n) is 9.04. The summed E-state index contributed by atoms with van der Waals surface area (Å²) in [6.07, 6.45) is 6.15. The number of carbonyl (C=O) groups excluding carboxylic acids is 1. The Labute approximate surface area is 174 Å². The van der Waals surface area contributed by atoms with Gasteiger partial charge in [-0.3, -0.25) is 9.80 Å². The summed E-state index contributed by atoms with van der Waals surface area (Å²) in [6.45, 7) is 12.5. The van der Waals surface area contributed by atoms with Crippen LogP contribution in [0, 0.1) is 11.8 Å². The van der Waals surface area contributed by atoms with Gasteiger partial charge in [0, 0.05) is 70.3 Å². The molecule has 0 saturated carbocycles.